The van der Waals surface area contributed by atoms with E-state index in [0.717, 1.165) is 17.1 Å². The van der Waals surface area contributed by atoms with Gasteiger partial charge in [-0.2, -0.15) is 0 Å². The first-order chi connectivity index (χ1) is 12.6. The molecule has 9 heteroatoms. The average molecular weight is 391 g/mol. The molecule has 136 valence electrons. The van der Waals surface area contributed by atoms with E-state index in [9.17, 15) is 8.42 Å². The molecule has 7 nitrogen and oxygen atoms in total. The van der Waals surface area contributed by atoms with Gasteiger partial charge < -0.3 is 14.8 Å². The zero-order valence-electron chi connectivity index (χ0n) is 13.8. The number of nitrogens with one attached hydrogen (secondary N) is 2. The van der Waals surface area contributed by atoms with Crippen LogP contribution in [0.5, 0.6) is 11.5 Å². The van der Waals surface area contributed by atoms with Gasteiger partial charge in [0.2, 0.25) is 16.8 Å². The van der Waals surface area contributed by atoms with Crippen molar-refractivity contribution in [3.8, 4) is 11.5 Å². The highest BCUT2D eigenvalue weighted by Crippen LogP contribution is 2.32. The number of fused-ring (bicyclic) bond motifs is 2. The summed E-state index contributed by atoms with van der Waals surface area (Å²) in [6.07, 6.45) is 0. The van der Waals surface area contributed by atoms with Crippen LogP contribution in [0.2, 0.25) is 0 Å². The lowest BCUT2D eigenvalue weighted by molar-refractivity contribution is 0.174. The maximum atomic E-state index is 12.5. The number of rotatable bonds is 7. The smallest absolute Gasteiger partial charge is 0.242 e. The third-order valence-electron chi connectivity index (χ3n) is 3.97. The van der Waals surface area contributed by atoms with Crippen LogP contribution in [0.4, 0.5) is 0 Å². The van der Waals surface area contributed by atoms with Gasteiger partial charge >= 0.3 is 0 Å². The summed E-state index contributed by atoms with van der Waals surface area (Å²) in [7, 11) is -3.57. The molecule has 1 aliphatic heterocycles. The van der Waals surface area contributed by atoms with Gasteiger partial charge in [-0.15, -0.1) is 11.3 Å². The van der Waals surface area contributed by atoms with Crippen molar-refractivity contribution in [2.24, 2.45) is 0 Å². The SMILES string of the molecule is O=S(=O)(NCCNCc1ccc2c(c1)OCO2)c1cccc2ncsc12. The number of hydrogen-bond acceptors (Lipinski definition) is 7. The number of ether oxygens (including phenoxy) is 2. The molecule has 0 radical (unpaired) electrons. The predicted octanol–water partition coefficient (Wildman–Crippen LogP) is 2.09. The van der Waals surface area contributed by atoms with Crippen LogP contribution in [0.25, 0.3) is 10.2 Å². The zero-order valence-corrected chi connectivity index (χ0v) is 15.4. The fraction of sp³-hybridized carbons (Fsp3) is 0.235. The summed E-state index contributed by atoms with van der Waals surface area (Å²) >= 11 is 1.32. The molecule has 0 aliphatic carbocycles. The number of benzene rings is 2. The van der Waals surface area contributed by atoms with Crippen LogP contribution < -0.4 is 19.5 Å². The summed E-state index contributed by atoms with van der Waals surface area (Å²) in [5, 5.41) is 3.22. The van der Waals surface area contributed by atoms with E-state index < -0.39 is 10.0 Å². The van der Waals surface area contributed by atoms with Crippen LogP contribution in [0.15, 0.2) is 46.8 Å². The van der Waals surface area contributed by atoms with Crippen LogP contribution in [0.3, 0.4) is 0 Å². The van der Waals surface area contributed by atoms with E-state index in [1.807, 2.05) is 18.2 Å². The largest absolute Gasteiger partial charge is 0.454 e. The van der Waals surface area contributed by atoms with Gasteiger partial charge in [-0.25, -0.2) is 18.1 Å². The molecule has 1 aromatic heterocycles. The minimum absolute atomic E-state index is 0.251. The lowest BCUT2D eigenvalue weighted by Crippen LogP contribution is -2.31. The highest BCUT2D eigenvalue weighted by molar-refractivity contribution is 7.90. The molecule has 0 bridgehead atoms. The summed E-state index contributed by atoms with van der Waals surface area (Å²) in [6.45, 7) is 1.66. The number of nitrogens with zero attached hydrogens (tertiary/aromatic N) is 1. The fourth-order valence-corrected chi connectivity index (χ4v) is 5.01. The third-order valence-corrected chi connectivity index (χ3v) is 6.48. The molecule has 4 rings (SSSR count). The van der Waals surface area contributed by atoms with E-state index in [-0.39, 0.29) is 11.7 Å². The normalized spacial score (nSPS) is 13.4. The molecular formula is C17H17N3O4S2. The second-order valence-electron chi connectivity index (χ2n) is 5.72. The Morgan fingerprint density at radius 3 is 2.92 bits per heavy atom. The van der Waals surface area contributed by atoms with E-state index in [1.54, 1.807) is 23.7 Å². The first-order valence-electron chi connectivity index (χ1n) is 8.05. The first-order valence-corrected chi connectivity index (χ1v) is 10.4. The molecule has 0 atom stereocenters. The van der Waals surface area contributed by atoms with Crippen molar-refractivity contribution in [1.82, 2.24) is 15.0 Å². The minimum atomic E-state index is -3.57. The van der Waals surface area contributed by atoms with E-state index in [4.69, 9.17) is 9.47 Å². The molecule has 0 saturated heterocycles. The van der Waals surface area contributed by atoms with Crippen molar-refractivity contribution in [1.29, 1.82) is 0 Å². The Kier molecular flexibility index (Phi) is 4.77. The molecule has 2 heterocycles. The van der Waals surface area contributed by atoms with Crippen molar-refractivity contribution < 1.29 is 17.9 Å². The second kappa shape index (κ2) is 7.20. The van der Waals surface area contributed by atoms with Crippen LogP contribution >= 0.6 is 11.3 Å². The van der Waals surface area contributed by atoms with Crippen molar-refractivity contribution in [2.45, 2.75) is 11.4 Å². The lowest BCUT2D eigenvalue weighted by atomic mass is 10.2. The standard InChI is InChI=1S/C17H17N3O4S2/c21-26(22,16-3-1-2-13-17(16)25-10-19-13)20-7-6-18-9-12-4-5-14-15(8-12)24-11-23-14/h1-5,8,10,18,20H,6-7,9,11H2. The molecule has 3 aromatic rings. The topological polar surface area (TPSA) is 89.6 Å². The molecule has 1 aliphatic rings. The molecule has 2 N–H and O–H groups in total. The Morgan fingerprint density at radius 2 is 2.00 bits per heavy atom. The van der Waals surface area contributed by atoms with Gasteiger partial charge in [0.15, 0.2) is 11.5 Å². The third kappa shape index (κ3) is 3.51. The Labute approximate surface area is 155 Å². The Balaban J connectivity index is 1.31. The van der Waals surface area contributed by atoms with Gasteiger partial charge in [0, 0.05) is 19.6 Å². The molecule has 0 unspecified atom stereocenters. The molecule has 0 fully saturated rings. The first kappa shape index (κ1) is 17.2. The lowest BCUT2D eigenvalue weighted by Gasteiger charge is -2.09. The average Bonchev–Trinajstić information content (AvgIpc) is 3.29. The summed E-state index contributed by atoms with van der Waals surface area (Å²) in [6, 6.07) is 10.9. The van der Waals surface area contributed by atoms with Gasteiger partial charge in [0.25, 0.3) is 0 Å². The van der Waals surface area contributed by atoms with Crippen LogP contribution in [-0.4, -0.2) is 33.3 Å². The molecule has 2 aromatic carbocycles. The predicted molar refractivity (Wildman–Crippen MR) is 99.1 cm³/mol. The number of thiazole rings is 1. The number of aromatic nitrogens is 1. The van der Waals surface area contributed by atoms with Gasteiger partial charge in [-0.1, -0.05) is 12.1 Å². The maximum Gasteiger partial charge on any atom is 0.242 e. The maximum absolute atomic E-state index is 12.5. The van der Waals surface area contributed by atoms with E-state index in [1.165, 1.54) is 11.3 Å². The second-order valence-corrected chi connectivity index (χ2v) is 8.31. The highest BCUT2D eigenvalue weighted by atomic mass is 32.2. The van der Waals surface area contributed by atoms with E-state index >= 15 is 0 Å². The molecular weight excluding hydrogens is 374 g/mol. The molecule has 0 spiro atoms. The van der Waals surface area contributed by atoms with Crippen LogP contribution in [0, 0.1) is 0 Å². The Bertz CT molecular complexity index is 1030. The highest BCUT2D eigenvalue weighted by Gasteiger charge is 2.18. The minimum Gasteiger partial charge on any atom is -0.454 e. The quantitative estimate of drug-likeness (QED) is 0.600. The Hall–Kier alpha value is -2.20. The van der Waals surface area contributed by atoms with Crippen LogP contribution in [-0.2, 0) is 16.6 Å². The zero-order chi connectivity index (χ0) is 18.0. The number of sulfonamides is 1. The molecule has 26 heavy (non-hydrogen) atoms. The summed E-state index contributed by atoms with van der Waals surface area (Å²) in [5.41, 5.74) is 3.39. The Morgan fingerprint density at radius 1 is 1.12 bits per heavy atom. The van der Waals surface area contributed by atoms with Gasteiger partial charge in [-0.3, -0.25) is 0 Å². The van der Waals surface area contributed by atoms with Crippen molar-refractivity contribution in [2.75, 3.05) is 19.9 Å². The van der Waals surface area contributed by atoms with Crippen molar-refractivity contribution in [3.05, 3.63) is 47.5 Å². The van der Waals surface area contributed by atoms with E-state index in [2.05, 4.69) is 15.0 Å². The van der Waals surface area contributed by atoms with Gasteiger partial charge in [-0.05, 0) is 29.8 Å². The summed E-state index contributed by atoms with van der Waals surface area (Å²) < 4.78 is 39.0. The summed E-state index contributed by atoms with van der Waals surface area (Å²) in [5.74, 6) is 1.49. The van der Waals surface area contributed by atoms with Crippen molar-refractivity contribution in [3.63, 3.8) is 0 Å². The van der Waals surface area contributed by atoms with E-state index in [0.29, 0.717) is 29.9 Å². The number of hydrogen-bond donors (Lipinski definition) is 2. The molecule has 0 saturated carbocycles. The van der Waals surface area contributed by atoms with Gasteiger partial charge in [0.1, 0.15) is 4.90 Å². The molecule has 0 amide bonds. The summed E-state index contributed by atoms with van der Waals surface area (Å²) in [4.78, 5) is 4.43. The van der Waals surface area contributed by atoms with Gasteiger partial charge in [0.05, 0.1) is 15.7 Å². The van der Waals surface area contributed by atoms with Crippen LogP contribution in [0.1, 0.15) is 5.56 Å². The monoisotopic (exact) mass is 391 g/mol. The fourth-order valence-electron chi connectivity index (χ4n) is 2.71. The van der Waals surface area contributed by atoms with Crippen molar-refractivity contribution >= 4 is 31.6 Å².